The number of carbonyl (C=O) groups is 1. The summed E-state index contributed by atoms with van der Waals surface area (Å²) in [4.78, 5) is 26.8. The van der Waals surface area contributed by atoms with E-state index >= 15 is 4.39 Å². The van der Waals surface area contributed by atoms with Crippen LogP contribution in [-0.4, -0.2) is 76.8 Å². The molecule has 0 atom stereocenters. The second-order valence-corrected chi connectivity index (χ2v) is 10.8. The van der Waals surface area contributed by atoms with Gasteiger partial charge in [0.25, 0.3) is 0 Å². The van der Waals surface area contributed by atoms with Gasteiger partial charge in [-0.1, -0.05) is 17.4 Å². The number of rotatable bonds is 8. The second kappa shape index (κ2) is 11.6. The van der Waals surface area contributed by atoms with Gasteiger partial charge < -0.3 is 10.4 Å². The van der Waals surface area contributed by atoms with E-state index in [1.54, 1.807) is 17.5 Å². The summed E-state index contributed by atoms with van der Waals surface area (Å²) in [5, 5.41) is 16.9. The number of nitrogens with one attached hydrogen (secondary N) is 2. The van der Waals surface area contributed by atoms with Crippen molar-refractivity contribution in [2.24, 2.45) is 0 Å². The van der Waals surface area contributed by atoms with Crippen molar-refractivity contribution in [3.63, 3.8) is 0 Å². The maximum Gasteiger partial charge on any atom is 0.321 e. The molecule has 11 heteroatoms. The van der Waals surface area contributed by atoms with Crippen LogP contribution in [-0.2, 0) is 6.54 Å². The molecule has 2 amide bonds. The third-order valence-corrected chi connectivity index (χ3v) is 8.25. The number of thiophene rings is 1. The maximum atomic E-state index is 15.9. The molecule has 1 fully saturated rings. The summed E-state index contributed by atoms with van der Waals surface area (Å²) in [6, 6.07) is 9.15. The molecule has 0 unspecified atom stereocenters. The summed E-state index contributed by atoms with van der Waals surface area (Å²) in [5.41, 5.74) is 3.00. The zero-order valence-corrected chi connectivity index (χ0v) is 22.2. The van der Waals surface area contributed by atoms with E-state index in [1.165, 1.54) is 16.2 Å². The predicted molar refractivity (Wildman–Crippen MR) is 148 cm³/mol. The van der Waals surface area contributed by atoms with Crippen LogP contribution in [0.3, 0.4) is 0 Å². The van der Waals surface area contributed by atoms with Gasteiger partial charge in [-0.2, -0.15) is 0 Å². The van der Waals surface area contributed by atoms with Gasteiger partial charge in [0.15, 0.2) is 10.9 Å². The van der Waals surface area contributed by atoms with E-state index < -0.39 is 5.82 Å². The largest absolute Gasteiger partial charge is 0.395 e. The summed E-state index contributed by atoms with van der Waals surface area (Å²) in [5.74, 6) is -0.406. The summed E-state index contributed by atoms with van der Waals surface area (Å²) >= 11 is 2.86. The molecule has 5 rings (SSSR count). The Morgan fingerprint density at radius 2 is 1.97 bits per heavy atom. The molecule has 37 heavy (non-hydrogen) atoms. The smallest absolute Gasteiger partial charge is 0.321 e. The molecule has 1 aliphatic rings. The number of hydrogen-bond acceptors (Lipinski definition) is 8. The molecule has 0 radical (unpaired) electrons. The number of aliphatic hydroxyl groups is 1. The van der Waals surface area contributed by atoms with Crippen molar-refractivity contribution in [2.75, 3.05) is 51.2 Å². The first-order valence-electron chi connectivity index (χ1n) is 12.3. The highest BCUT2D eigenvalue weighted by Crippen LogP contribution is 2.41. The van der Waals surface area contributed by atoms with Crippen molar-refractivity contribution in [3.8, 4) is 22.4 Å². The quantitative estimate of drug-likeness (QED) is 0.305. The minimum Gasteiger partial charge on any atom is -0.395 e. The van der Waals surface area contributed by atoms with Crippen LogP contribution in [0.25, 0.3) is 32.6 Å². The average Bonchev–Trinajstić information content (AvgIpc) is 3.54. The van der Waals surface area contributed by atoms with Crippen LogP contribution in [0.15, 0.2) is 41.9 Å². The van der Waals surface area contributed by atoms with Crippen LogP contribution in [0, 0.1) is 5.82 Å². The molecule has 194 valence electrons. The lowest BCUT2D eigenvalue weighted by Crippen LogP contribution is -2.46. The standard InChI is InChI=1S/C26H29FN6O2S2/c1-2-28-25(35)31-26-30-23-22(27)19(14-20(24(23)37-26)21-5-3-4-6-29-21)17-13-18(36-16-17)15-33-9-7-32(8-10-33)11-12-34/h3-6,13-14,16,34H,2,7-12,15H2,1H3,(H2,28,30,31,35). The topological polar surface area (TPSA) is 93.6 Å². The molecule has 4 heterocycles. The number of aromatic nitrogens is 2. The van der Waals surface area contributed by atoms with Gasteiger partial charge in [-0.15, -0.1) is 11.3 Å². The van der Waals surface area contributed by atoms with Crippen molar-refractivity contribution in [3.05, 3.63) is 52.6 Å². The van der Waals surface area contributed by atoms with Crippen molar-refractivity contribution in [1.29, 1.82) is 0 Å². The number of aliphatic hydroxyl groups excluding tert-OH is 1. The number of piperazine rings is 1. The predicted octanol–water partition coefficient (Wildman–Crippen LogP) is 4.48. The first-order chi connectivity index (χ1) is 18.1. The normalized spacial score (nSPS) is 14.8. The molecule has 4 aromatic rings. The number of thiazole rings is 1. The fraction of sp³-hybridized carbons (Fsp3) is 0.346. The summed E-state index contributed by atoms with van der Waals surface area (Å²) < 4.78 is 16.5. The van der Waals surface area contributed by atoms with E-state index in [2.05, 4.69) is 36.5 Å². The SMILES string of the molecule is CCNC(=O)Nc1nc2c(F)c(-c3csc(CN4CCN(CCO)CC4)c3)cc(-c3ccccn3)c2s1. The highest BCUT2D eigenvalue weighted by Gasteiger charge is 2.22. The Morgan fingerprint density at radius 3 is 2.70 bits per heavy atom. The van der Waals surface area contributed by atoms with E-state index in [0.29, 0.717) is 28.5 Å². The summed E-state index contributed by atoms with van der Waals surface area (Å²) in [6.07, 6.45) is 1.71. The summed E-state index contributed by atoms with van der Waals surface area (Å²) in [7, 11) is 0. The minimum absolute atomic E-state index is 0.188. The Hall–Kier alpha value is -2.96. The van der Waals surface area contributed by atoms with Gasteiger partial charge in [0, 0.05) is 68.0 Å². The van der Waals surface area contributed by atoms with Gasteiger partial charge in [-0.05, 0) is 42.1 Å². The first-order valence-corrected chi connectivity index (χ1v) is 14.0. The maximum absolute atomic E-state index is 15.9. The number of anilines is 1. The number of nitrogens with zero attached hydrogens (tertiary/aromatic N) is 4. The number of amides is 2. The van der Waals surface area contributed by atoms with Gasteiger partial charge in [0.05, 0.1) is 17.0 Å². The van der Waals surface area contributed by atoms with Crippen LogP contribution in [0.1, 0.15) is 11.8 Å². The third-order valence-electron chi connectivity index (χ3n) is 6.33. The van der Waals surface area contributed by atoms with Crippen molar-refractivity contribution in [1.82, 2.24) is 25.1 Å². The Kier molecular flexibility index (Phi) is 8.06. The third kappa shape index (κ3) is 5.81. The Balaban J connectivity index is 1.46. The number of fused-ring (bicyclic) bond motifs is 1. The molecular weight excluding hydrogens is 511 g/mol. The van der Waals surface area contributed by atoms with Gasteiger partial charge in [0.1, 0.15) is 5.52 Å². The van der Waals surface area contributed by atoms with Crippen molar-refractivity contribution >= 4 is 44.1 Å². The Labute approximate surface area is 222 Å². The number of carbonyl (C=O) groups excluding carboxylic acids is 1. The van der Waals surface area contributed by atoms with Crippen LogP contribution >= 0.6 is 22.7 Å². The van der Waals surface area contributed by atoms with Gasteiger partial charge in [0.2, 0.25) is 0 Å². The monoisotopic (exact) mass is 540 g/mol. The molecule has 3 aromatic heterocycles. The molecule has 1 aromatic carbocycles. The molecule has 0 aliphatic carbocycles. The molecular formula is C26H29FN6O2S2. The van der Waals surface area contributed by atoms with Gasteiger partial charge in [-0.3, -0.25) is 20.1 Å². The molecule has 1 saturated heterocycles. The molecule has 8 nitrogen and oxygen atoms in total. The van der Waals surface area contributed by atoms with Crippen LogP contribution in [0.2, 0.25) is 0 Å². The van der Waals surface area contributed by atoms with E-state index in [-0.39, 0.29) is 18.2 Å². The van der Waals surface area contributed by atoms with Crippen molar-refractivity contribution < 1.29 is 14.3 Å². The lowest BCUT2D eigenvalue weighted by Gasteiger charge is -2.34. The molecule has 0 spiro atoms. The van der Waals surface area contributed by atoms with Crippen LogP contribution in [0.4, 0.5) is 14.3 Å². The zero-order valence-electron chi connectivity index (χ0n) is 20.5. The lowest BCUT2D eigenvalue weighted by molar-refractivity contribution is 0.109. The van der Waals surface area contributed by atoms with Crippen LogP contribution < -0.4 is 10.6 Å². The first kappa shape index (κ1) is 25.7. The minimum atomic E-state index is -0.406. The lowest BCUT2D eigenvalue weighted by atomic mass is 10.0. The number of halogens is 1. The van der Waals surface area contributed by atoms with Gasteiger partial charge in [-0.25, -0.2) is 14.2 Å². The van der Waals surface area contributed by atoms with E-state index in [4.69, 9.17) is 5.11 Å². The van der Waals surface area contributed by atoms with E-state index in [9.17, 15) is 4.79 Å². The molecule has 3 N–H and O–H groups in total. The Bertz CT molecular complexity index is 1370. The van der Waals surface area contributed by atoms with E-state index in [0.717, 1.165) is 49.5 Å². The number of urea groups is 1. The fourth-order valence-electron chi connectivity index (χ4n) is 4.47. The number of β-amino-alcohol motifs (C(OH)–C–C–N with tert-alkyl or cyclic N) is 1. The second-order valence-electron chi connectivity index (χ2n) is 8.82. The molecule has 0 saturated carbocycles. The van der Waals surface area contributed by atoms with Crippen molar-refractivity contribution in [2.45, 2.75) is 13.5 Å². The number of hydrogen-bond donors (Lipinski definition) is 3. The average molecular weight is 541 g/mol. The molecule has 0 bridgehead atoms. The number of benzene rings is 1. The highest BCUT2D eigenvalue weighted by molar-refractivity contribution is 7.22. The summed E-state index contributed by atoms with van der Waals surface area (Å²) in [6.45, 7) is 7.79. The highest BCUT2D eigenvalue weighted by atomic mass is 32.1. The fourth-order valence-corrected chi connectivity index (χ4v) is 6.37. The van der Waals surface area contributed by atoms with Crippen LogP contribution in [0.5, 0.6) is 0 Å². The van der Waals surface area contributed by atoms with E-state index in [1.807, 2.05) is 36.6 Å². The molecule has 1 aliphatic heterocycles. The van der Waals surface area contributed by atoms with Gasteiger partial charge >= 0.3 is 6.03 Å². The number of pyridine rings is 1. The zero-order chi connectivity index (χ0) is 25.8. The Morgan fingerprint density at radius 1 is 1.16 bits per heavy atom.